The van der Waals surface area contributed by atoms with Gasteiger partial charge in [-0.15, -0.1) is 0 Å². The molecule has 1 aromatic heterocycles. The van der Waals surface area contributed by atoms with Crippen LogP contribution < -0.4 is 14.9 Å². The van der Waals surface area contributed by atoms with Crippen LogP contribution in [-0.2, 0) is 6.61 Å². The first kappa shape index (κ1) is 20.5. The van der Waals surface area contributed by atoms with Crippen molar-refractivity contribution in [3.8, 4) is 11.5 Å². The van der Waals surface area contributed by atoms with Gasteiger partial charge in [-0.3, -0.25) is 19.9 Å². The van der Waals surface area contributed by atoms with Crippen molar-refractivity contribution in [1.82, 2.24) is 10.4 Å². The summed E-state index contributed by atoms with van der Waals surface area (Å²) < 4.78 is 11.0. The fraction of sp³-hybridized carbons (Fsp3) is 0.0952. The molecule has 0 aliphatic rings. The first-order valence-electron chi connectivity index (χ1n) is 8.85. The molecule has 3 rings (SSSR count). The van der Waals surface area contributed by atoms with Gasteiger partial charge in [-0.05, 0) is 23.8 Å². The second kappa shape index (κ2) is 9.78. The molecular formula is C21H18N4O5. The van der Waals surface area contributed by atoms with Gasteiger partial charge in [-0.25, -0.2) is 5.43 Å². The van der Waals surface area contributed by atoms with E-state index in [1.807, 2.05) is 30.3 Å². The number of nitro groups is 1. The molecule has 0 bridgehead atoms. The van der Waals surface area contributed by atoms with Crippen LogP contribution in [0.1, 0.15) is 21.5 Å². The first-order chi connectivity index (χ1) is 14.6. The highest BCUT2D eigenvalue weighted by molar-refractivity contribution is 5.95. The number of nitrogens with zero attached hydrogens (tertiary/aromatic N) is 3. The van der Waals surface area contributed by atoms with Crippen molar-refractivity contribution < 1.29 is 19.2 Å². The third-order valence-corrected chi connectivity index (χ3v) is 4.04. The fourth-order valence-corrected chi connectivity index (χ4v) is 2.56. The third kappa shape index (κ3) is 5.16. The molecule has 1 N–H and O–H groups in total. The largest absolute Gasteiger partial charge is 0.493 e. The number of aromatic nitrogens is 1. The molecular weight excluding hydrogens is 388 g/mol. The minimum absolute atomic E-state index is 0.149. The van der Waals surface area contributed by atoms with Gasteiger partial charge in [-0.2, -0.15) is 5.10 Å². The van der Waals surface area contributed by atoms with Gasteiger partial charge in [0.15, 0.2) is 11.5 Å². The molecule has 1 heterocycles. The van der Waals surface area contributed by atoms with Gasteiger partial charge in [0.2, 0.25) is 0 Å². The van der Waals surface area contributed by atoms with Crippen LogP contribution in [0.3, 0.4) is 0 Å². The zero-order valence-electron chi connectivity index (χ0n) is 16.0. The number of amides is 1. The van der Waals surface area contributed by atoms with E-state index in [-0.39, 0.29) is 23.6 Å². The van der Waals surface area contributed by atoms with Crippen LogP contribution in [0.2, 0.25) is 0 Å². The number of nitro benzene ring substituents is 1. The molecule has 0 unspecified atom stereocenters. The molecule has 3 aromatic rings. The number of benzene rings is 2. The molecule has 0 fully saturated rings. The summed E-state index contributed by atoms with van der Waals surface area (Å²) in [6, 6.07) is 15.3. The molecule has 0 saturated carbocycles. The standard InChI is InChI=1S/C21H18N4O5/c1-29-19-10-17(13-23-24-21(26)16-8-5-9-22-12-16)18(25(27)28)11-20(19)30-14-15-6-3-2-4-7-15/h2-13H,14H2,1H3,(H,24,26)/b23-13+. The Hall–Kier alpha value is -4.27. The Balaban J connectivity index is 1.80. The highest BCUT2D eigenvalue weighted by Gasteiger charge is 2.19. The molecule has 2 aromatic carbocycles. The van der Waals surface area contributed by atoms with Gasteiger partial charge in [0.1, 0.15) is 6.61 Å². The van der Waals surface area contributed by atoms with Crippen molar-refractivity contribution in [3.05, 3.63) is 93.8 Å². The van der Waals surface area contributed by atoms with Gasteiger partial charge >= 0.3 is 0 Å². The molecule has 9 nitrogen and oxygen atoms in total. The lowest BCUT2D eigenvalue weighted by molar-refractivity contribution is -0.385. The quantitative estimate of drug-likeness (QED) is 0.348. The molecule has 0 saturated heterocycles. The summed E-state index contributed by atoms with van der Waals surface area (Å²) in [4.78, 5) is 26.8. The zero-order chi connectivity index (χ0) is 21.3. The van der Waals surface area contributed by atoms with Crippen molar-refractivity contribution in [2.75, 3.05) is 7.11 Å². The van der Waals surface area contributed by atoms with E-state index in [0.29, 0.717) is 11.3 Å². The van der Waals surface area contributed by atoms with Crippen LogP contribution in [0.25, 0.3) is 0 Å². The van der Waals surface area contributed by atoms with E-state index in [0.717, 1.165) is 5.56 Å². The fourth-order valence-electron chi connectivity index (χ4n) is 2.56. The summed E-state index contributed by atoms with van der Waals surface area (Å²) >= 11 is 0. The lowest BCUT2D eigenvalue weighted by Gasteiger charge is -2.12. The van der Waals surface area contributed by atoms with Crippen molar-refractivity contribution in [3.63, 3.8) is 0 Å². The maximum atomic E-state index is 12.0. The molecule has 0 radical (unpaired) electrons. The maximum Gasteiger partial charge on any atom is 0.282 e. The van der Waals surface area contributed by atoms with Crippen LogP contribution in [0.15, 0.2) is 72.1 Å². The van der Waals surface area contributed by atoms with E-state index in [4.69, 9.17) is 9.47 Å². The molecule has 0 spiro atoms. The summed E-state index contributed by atoms with van der Waals surface area (Å²) in [5.41, 5.74) is 3.44. The van der Waals surface area contributed by atoms with Gasteiger partial charge in [0, 0.05) is 12.4 Å². The average molecular weight is 406 g/mol. The Morgan fingerprint density at radius 1 is 1.20 bits per heavy atom. The SMILES string of the molecule is COc1cc(/C=N/NC(=O)c2cccnc2)c([N+](=O)[O-])cc1OCc1ccccc1. The number of ether oxygens (including phenoxy) is 2. The predicted octanol–water partition coefficient (Wildman–Crippen LogP) is 3.34. The molecule has 152 valence electrons. The van der Waals surface area contributed by atoms with E-state index >= 15 is 0 Å². The Morgan fingerprint density at radius 3 is 2.67 bits per heavy atom. The van der Waals surface area contributed by atoms with Gasteiger partial charge < -0.3 is 9.47 Å². The second-order valence-corrected chi connectivity index (χ2v) is 6.03. The summed E-state index contributed by atoms with van der Waals surface area (Å²) in [6.07, 6.45) is 4.10. The van der Waals surface area contributed by atoms with E-state index < -0.39 is 10.8 Å². The summed E-state index contributed by atoms with van der Waals surface area (Å²) in [6.45, 7) is 0.225. The topological polar surface area (TPSA) is 116 Å². The monoisotopic (exact) mass is 406 g/mol. The van der Waals surface area contributed by atoms with E-state index in [2.05, 4.69) is 15.5 Å². The highest BCUT2D eigenvalue weighted by atomic mass is 16.6. The Bertz CT molecular complexity index is 1060. The number of hydrogen-bond acceptors (Lipinski definition) is 7. The number of carbonyl (C=O) groups is 1. The van der Waals surface area contributed by atoms with Crippen LogP contribution in [0.4, 0.5) is 5.69 Å². The summed E-state index contributed by atoms with van der Waals surface area (Å²) in [5.74, 6) is 0.0398. The van der Waals surface area contributed by atoms with Gasteiger partial charge in [-0.1, -0.05) is 30.3 Å². The molecule has 0 aliphatic heterocycles. The number of pyridine rings is 1. The third-order valence-electron chi connectivity index (χ3n) is 4.04. The molecule has 0 atom stereocenters. The van der Waals surface area contributed by atoms with Crippen molar-refractivity contribution in [2.24, 2.45) is 5.10 Å². The summed E-state index contributed by atoms with van der Waals surface area (Å²) in [5, 5.41) is 15.3. The second-order valence-electron chi connectivity index (χ2n) is 6.03. The van der Waals surface area contributed by atoms with Crippen molar-refractivity contribution >= 4 is 17.8 Å². The number of hydrogen-bond donors (Lipinski definition) is 1. The number of methoxy groups -OCH3 is 1. The molecule has 1 amide bonds. The van der Waals surface area contributed by atoms with E-state index in [9.17, 15) is 14.9 Å². The van der Waals surface area contributed by atoms with E-state index in [1.54, 1.807) is 12.1 Å². The zero-order valence-corrected chi connectivity index (χ0v) is 16.0. The maximum absolute atomic E-state index is 12.0. The average Bonchev–Trinajstić information content (AvgIpc) is 2.78. The Morgan fingerprint density at radius 2 is 2.00 bits per heavy atom. The normalized spacial score (nSPS) is 10.6. The van der Waals surface area contributed by atoms with E-state index in [1.165, 1.54) is 37.9 Å². The van der Waals surface area contributed by atoms with Gasteiger partial charge in [0.05, 0.1) is 35.4 Å². The van der Waals surface area contributed by atoms with Crippen LogP contribution in [0, 0.1) is 10.1 Å². The molecule has 9 heteroatoms. The smallest absolute Gasteiger partial charge is 0.282 e. The number of rotatable bonds is 8. The predicted molar refractivity (Wildman–Crippen MR) is 110 cm³/mol. The lowest BCUT2D eigenvalue weighted by Crippen LogP contribution is -2.17. The Labute approximate surface area is 172 Å². The highest BCUT2D eigenvalue weighted by Crippen LogP contribution is 2.34. The Kier molecular flexibility index (Phi) is 6.67. The minimum Gasteiger partial charge on any atom is -0.493 e. The van der Waals surface area contributed by atoms with Crippen molar-refractivity contribution in [2.45, 2.75) is 6.61 Å². The van der Waals surface area contributed by atoms with Gasteiger partial charge in [0.25, 0.3) is 11.6 Å². The van der Waals surface area contributed by atoms with Crippen molar-refractivity contribution in [1.29, 1.82) is 0 Å². The molecule has 30 heavy (non-hydrogen) atoms. The minimum atomic E-state index is -0.556. The van der Waals surface area contributed by atoms with Crippen LogP contribution in [0.5, 0.6) is 11.5 Å². The number of hydrazone groups is 1. The van der Waals surface area contributed by atoms with Crippen LogP contribution in [-0.4, -0.2) is 29.1 Å². The number of carbonyl (C=O) groups excluding carboxylic acids is 1. The molecule has 0 aliphatic carbocycles. The lowest BCUT2D eigenvalue weighted by atomic mass is 10.1. The first-order valence-corrected chi connectivity index (χ1v) is 8.85. The number of nitrogens with one attached hydrogen (secondary N) is 1. The summed E-state index contributed by atoms with van der Waals surface area (Å²) in [7, 11) is 1.43. The van der Waals surface area contributed by atoms with Crippen LogP contribution >= 0.6 is 0 Å².